The summed E-state index contributed by atoms with van der Waals surface area (Å²) in [7, 11) is -0.892. The van der Waals surface area contributed by atoms with E-state index >= 15 is 0 Å². The maximum Gasteiger partial charge on any atom is 0.314 e. The number of carboxylic acids is 1. The lowest BCUT2D eigenvalue weighted by Gasteiger charge is -2.18. The van der Waals surface area contributed by atoms with E-state index in [0.717, 1.165) is 6.42 Å². The third kappa shape index (κ3) is 10.8. The molecule has 2 amide bonds. The molecule has 3 N–H and O–H groups in total. The molecule has 0 spiro atoms. The van der Waals surface area contributed by atoms with Gasteiger partial charge in [-0.25, -0.2) is 4.79 Å². The number of hydrogen-bond donors (Lipinski definition) is 3. The fourth-order valence-electron chi connectivity index (χ4n) is 1.87. The molecule has 7 heteroatoms. The number of nitrogens with one attached hydrogen (secondary N) is 2. The Morgan fingerprint density at radius 2 is 1.90 bits per heavy atom. The fourth-order valence-corrected chi connectivity index (χ4v) is 2.49. The first kappa shape index (κ1) is 18.9. The van der Waals surface area contributed by atoms with E-state index in [2.05, 4.69) is 10.6 Å². The molecular weight excluding hydrogens is 280 g/mol. The van der Waals surface area contributed by atoms with Crippen molar-refractivity contribution in [2.45, 2.75) is 33.6 Å². The minimum absolute atomic E-state index is 0.0539. The summed E-state index contributed by atoms with van der Waals surface area (Å²) in [5.41, 5.74) is 0. The van der Waals surface area contributed by atoms with Crippen molar-refractivity contribution >= 4 is 22.8 Å². The topological polar surface area (TPSA) is 95.5 Å². The van der Waals surface area contributed by atoms with Gasteiger partial charge in [0.1, 0.15) is 0 Å². The van der Waals surface area contributed by atoms with E-state index in [0.29, 0.717) is 30.5 Å². The van der Waals surface area contributed by atoms with Crippen molar-refractivity contribution in [1.29, 1.82) is 0 Å². The van der Waals surface area contributed by atoms with Crippen molar-refractivity contribution in [3.63, 3.8) is 0 Å². The van der Waals surface area contributed by atoms with Crippen molar-refractivity contribution in [3.8, 4) is 0 Å². The summed E-state index contributed by atoms with van der Waals surface area (Å²) in [6.07, 6.45) is 0.810. The van der Waals surface area contributed by atoms with Gasteiger partial charge in [-0.2, -0.15) is 0 Å². The van der Waals surface area contributed by atoms with E-state index < -0.39 is 16.8 Å². The molecule has 0 radical (unpaired) electrons. The molecule has 0 aliphatic rings. The van der Waals surface area contributed by atoms with Gasteiger partial charge < -0.3 is 15.7 Å². The Hall–Kier alpha value is -1.11. The van der Waals surface area contributed by atoms with Crippen LogP contribution in [0.2, 0.25) is 0 Å². The Bertz CT molecular complexity index is 334. The molecule has 0 fully saturated rings. The molecule has 0 rings (SSSR count). The lowest BCUT2D eigenvalue weighted by atomic mass is 9.94. The summed E-state index contributed by atoms with van der Waals surface area (Å²) in [5, 5.41) is 14.1. The Kier molecular flexibility index (Phi) is 10.1. The van der Waals surface area contributed by atoms with Crippen LogP contribution in [0.15, 0.2) is 0 Å². The SMILES string of the molecule is CCS(=O)CCNC(=O)NC[C@H](CC(=O)O)CC(C)C. The van der Waals surface area contributed by atoms with E-state index in [1.807, 2.05) is 20.8 Å². The zero-order chi connectivity index (χ0) is 15.5. The number of rotatable bonds is 10. The zero-order valence-corrected chi connectivity index (χ0v) is 13.3. The number of carbonyl (C=O) groups excluding carboxylic acids is 1. The molecule has 20 heavy (non-hydrogen) atoms. The molecule has 1 unspecified atom stereocenters. The first-order valence-electron chi connectivity index (χ1n) is 6.93. The summed E-state index contributed by atoms with van der Waals surface area (Å²) in [4.78, 5) is 22.3. The molecular formula is C13H26N2O4S. The second-order valence-corrected chi connectivity index (χ2v) is 7.03. The summed E-state index contributed by atoms with van der Waals surface area (Å²) in [6, 6.07) is -0.336. The smallest absolute Gasteiger partial charge is 0.314 e. The lowest BCUT2D eigenvalue weighted by molar-refractivity contribution is -0.138. The van der Waals surface area contributed by atoms with Gasteiger partial charge in [0.05, 0.1) is 0 Å². The predicted molar refractivity (Wildman–Crippen MR) is 80.1 cm³/mol. The van der Waals surface area contributed by atoms with Gasteiger partial charge >= 0.3 is 12.0 Å². The lowest BCUT2D eigenvalue weighted by Crippen LogP contribution is -2.40. The number of hydrogen-bond acceptors (Lipinski definition) is 3. The highest BCUT2D eigenvalue weighted by Gasteiger charge is 2.15. The number of urea groups is 1. The van der Waals surface area contributed by atoms with E-state index in [9.17, 15) is 13.8 Å². The Balaban J connectivity index is 3.97. The minimum Gasteiger partial charge on any atom is -0.481 e. The zero-order valence-electron chi connectivity index (χ0n) is 12.5. The van der Waals surface area contributed by atoms with Crippen LogP contribution < -0.4 is 10.6 Å². The molecule has 0 aromatic heterocycles. The summed E-state index contributed by atoms with van der Waals surface area (Å²) in [6.45, 7) is 6.58. The van der Waals surface area contributed by atoms with Crippen LogP contribution in [0.3, 0.4) is 0 Å². The van der Waals surface area contributed by atoms with Gasteiger partial charge in [-0.05, 0) is 18.3 Å². The van der Waals surface area contributed by atoms with Crippen molar-refractivity contribution < 1.29 is 18.9 Å². The third-order valence-electron chi connectivity index (χ3n) is 2.76. The molecule has 0 heterocycles. The normalized spacial score (nSPS) is 13.8. The summed E-state index contributed by atoms with van der Waals surface area (Å²) < 4.78 is 11.2. The van der Waals surface area contributed by atoms with Crippen LogP contribution in [0, 0.1) is 11.8 Å². The molecule has 0 aromatic carbocycles. The van der Waals surface area contributed by atoms with E-state index in [-0.39, 0.29) is 18.4 Å². The monoisotopic (exact) mass is 306 g/mol. The van der Waals surface area contributed by atoms with Gasteiger partial charge in [0.2, 0.25) is 0 Å². The molecule has 0 bridgehead atoms. The highest BCUT2D eigenvalue weighted by atomic mass is 32.2. The first-order chi connectivity index (χ1) is 9.35. The molecule has 0 aliphatic heterocycles. The highest BCUT2D eigenvalue weighted by molar-refractivity contribution is 7.84. The van der Waals surface area contributed by atoms with E-state index in [4.69, 9.17) is 5.11 Å². The highest BCUT2D eigenvalue weighted by Crippen LogP contribution is 2.14. The number of aliphatic carboxylic acids is 1. The largest absolute Gasteiger partial charge is 0.481 e. The van der Waals surface area contributed by atoms with Crippen molar-refractivity contribution in [2.24, 2.45) is 11.8 Å². The van der Waals surface area contributed by atoms with Crippen LogP contribution in [0.25, 0.3) is 0 Å². The quantitative estimate of drug-likeness (QED) is 0.565. The standard InChI is InChI=1S/C13H26N2O4S/c1-4-20(19)6-5-14-13(18)15-9-11(7-10(2)3)8-12(16)17/h10-11H,4-9H2,1-3H3,(H,16,17)(H2,14,15,18)/t11-,20?/m0/s1. The Morgan fingerprint density at radius 3 is 2.40 bits per heavy atom. The van der Waals surface area contributed by atoms with Crippen LogP contribution in [-0.4, -0.2) is 45.9 Å². The molecule has 118 valence electrons. The maximum absolute atomic E-state index is 11.5. The van der Waals surface area contributed by atoms with Crippen LogP contribution in [0.5, 0.6) is 0 Å². The third-order valence-corrected chi connectivity index (χ3v) is 4.06. The second kappa shape index (κ2) is 10.7. The van der Waals surface area contributed by atoms with Gasteiger partial charge in [-0.1, -0.05) is 20.8 Å². The van der Waals surface area contributed by atoms with Crippen molar-refractivity contribution in [3.05, 3.63) is 0 Å². The predicted octanol–water partition coefficient (Wildman–Crippen LogP) is 1.19. The number of amides is 2. The van der Waals surface area contributed by atoms with E-state index in [1.165, 1.54) is 0 Å². The van der Waals surface area contributed by atoms with E-state index in [1.54, 1.807) is 0 Å². The summed E-state index contributed by atoms with van der Waals surface area (Å²) >= 11 is 0. The van der Waals surface area contributed by atoms with Crippen molar-refractivity contribution in [1.82, 2.24) is 10.6 Å². The van der Waals surface area contributed by atoms with Gasteiger partial charge in [0.15, 0.2) is 0 Å². The maximum atomic E-state index is 11.5. The van der Waals surface area contributed by atoms with Crippen LogP contribution in [0.1, 0.15) is 33.6 Å². The Morgan fingerprint density at radius 1 is 1.25 bits per heavy atom. The average Bonchev–Trinajstić information content (AvgIpc) is 2.34. The second-order valence-electron chi connectivity index (χ2n) is 5.16. The average molecular weight is 306 g/mol. The van der Waals surface area contributed by atoms with Crippen molar-refractivity contribution in [2.75, 3.05) is 24.6 Å². The molecule has 0 saturated carbocycles. The number of carboxylic acid groups (broad SMARTS) is 1. The van der Waals surface area contributed by atoms with Gasteiger partial charge in [-0.3, -0.25) is 9.00 Å². The summed E-state index contributed by atoms with van der Waals surface area (Å²) in [5.74, 6) is 0.489. The van der Waals surface area contributed by atoms with Gasteiger partial charge in [0, 0.05) is 41.8 Å². The Labute approximate surface area is 123 Å². The molecule has 2 atom stereocenters. The van der Waals surface area contributed by atoms with Gasteiger partial charge in [-0.15, -0.1) is 0 Å². The molecule has 0 aliphatic carbocycles. The van der Waals surface area contributed by atoms with Crippen LogP contribution in [0.4, 0.5) is 4.79 Å². The molecule has 0 aromatic rings. The minimum atomic E-state index is -0.892. The fraction of sp³-hybridized carbons (Fsp3) is 0.846. The first-order valence-corrected chi connectivity index (χ1v) is 8.42. The molecule has 0 saturated heterocycles. The van der Waals surface area contributed by atoms with Crippen LogP contribution in [-0.2, 0) is 15.6 Å². The van der Waals surface area contributed by atoms with Crippen LogP contribution >= 0.6 is 0 Å². The van der Waals surface area contributed by atoms with Gasteiger partial charge in [0.25, 0.3) is 0 Å². The molecule has 6 nitrogen and oxygen atoms in total. The number of carbonyl (C=O) groups is 2.